The molecular weight excluding hydrogens is 570 g/mol. The number of amides is 2. The van der Waals surface area contributed by atoms with Crippen molar-refractivity contribution < 1.29 is 18.0 Å². The zero-order valence-corrected chi connectivity index (χ0v) is 26.6. The summed E-state index contributed by atoms with van der Waals surface area (Å²) in [5.41, 5.74) is 2.64. The van der Waals surface area contributed by atoms with E-state index in [0.29, 0.717) is 22.8 Å². The molecule has 7 nitrogen and oxygen atoms in total. The molecule has 1 N–H and O–H groups in total. The summed E-state index contributed by atoms with van der Waals surface area (Å²) in [5.74, 6) is 1.68. The molecule has 0 unspecified atom stereocenters. The molecular formula is C33H44ClN3O4S. The van der Waals surface area contributed by atoms with Gasteiger partial charge >= 0.3 is 0 Å². The summed E-state index contributed by atoms with van der Waals surface area (Å²) in [6, 6.07) is 14.2. The van der Waals surface area contributed by atoms with Crippen molar-refractivity contribution in [2.75, 3.05) is 23.7 Å². The van der Waals surface area contributed by atoms with Crippen LogP contribution < -0.4 is 9.62 Å². The highest BCUT2D eigenvalue weighted by atomic mass is 35.5. The van der Waals surface area contributed by atoms with Gasteiger partial charge in [-0.3, -0.25) is 13.9 Å². The van der Waals surface area contributed by atoms with Crippen LogP contribution in [0.2, 0.25) is 5.02 Å². The molecule has 4 aliphatic rings. The molecule has 228 valence electrons. The van der Waals surface area contributed by atoms with Gasteiger partial charge in [0, 0.05) is 18.1 Å². The fourth-order valence-electron chi connectivity index (χ4n) is 7.99. The first kappa shape index (κ1) is 30.9. The predicted molar refractivity (Wildman–Crippen MR) is 168 cm³/mol. The van der Waals surface area contributed by atoms with Gasteiger partial charge in [-0.25, -0.2) is 8.42 Å². The topological polar surface area (TPSA) is 86.8 Å². The summed E-state index contributed by atoms with van der Waals surface area (Å²) in [4.78, 5) is 28.3. The molecule has 42 heavy (non-hydrogen) atoms. The quantitative estimate of drug-likeness (QED) is 0.302. The van der Waals surface area contributed by atoms with Crippen LogP contribution in [0.25, 0.3) is 0 Å². The van der Waals surface area contributed by atoms with Crippen LogP contribution in [0.3, 0.4) is 0 Å². The Labute approximate surface area is 256 Å². The molecule has 9 heteroatoms. The van der Waals surface area contributed by atoms with Crippen molar-refractivity contribution >= 4 is 39.1 Å². The molecule has 4 bridgehead atoms. The summed E-state index contributed by atoms with van der Waals surface area (Å²) in [7, 11) is -3.79. The SMILES string of the molecule is CCCCNC(=O)[C@@H](C)N(Cc1ccccc1Cl)C(=O)CN(c1ccc(C23CC4CC(CC(C4)C2)C3)cc1)S(C)(=O)=O. The van der Waals surface area contributed by atoms with Gasteiger partial charge < -0.3 is 10.2 Å². The number of nitrogens with zero attached hydrogens (tertiary/aromatic N) is 2. The van der Waals surface area contributed by atoms with Crippen molar-refractivity contribution in [3.05, 3.63) is 64.7 Å². The standard InChI is InChI=1S/C33H44ClN3O4S/c1-4-5-14-35-32(39)23(2)36(21-27-8-6-7-9-30(27)34)31(38)22-37(42(3,40)41)29-12-10-28(11-13-29)33-18-24-15-25(19-33)17-26(16-24)20-33/h6-13,23-26H,4-5,14-22H2,1-3H3,(H,35,39)/t23-,24?,25?,26?,33?/m1/s1. The Morgan fingerprint density at radius 2 is 1.60 bits per heavy atom. The molecule has 4 fully saturated rings. The Kier molecular flexibility index (Phi) is 9.24. The Balaban J connectivity index is 1.37. The van der Waals surface area contributed by atoms with E-state index in [1.165, 1.54) is 49.0 Å². The Morgan fingerprint density at radius 3 is 2.14 bits per heavy atom. The van der Waals surface area contributed by atoms with E-state index in [1.54, 1.807) is 19.1 Å². The maximum atomic E-state index is 13.9. The van der Waals surface area contributed by atoms with Crippen molar-refractivity contribution in [1.82, 2.24) is 10.2 Å². The lowest BCUT2D eigenvalue weighted by molar-refractivity contribution is -0.139. The smallest absolute Gasteiger partial charge is 0.244 e. The Bertz CT molecular complexity index is 1360. The fraction of sp³-hybridized carbons (Fsp3) is 0.576. The van der Waals surface area contributed by atoms with Gasteiger partial charge in [-0.2, -0.15) is 0 Å². The summed E-state index contributed by atoms with van der Waals surface area (Å²) in [6.07, 6.45) is 10.6. The molecule has 2 aromatic rings. The van der Waals surface area contributed by atoms with Gasteiger partial charge in [0.2, 0.25) is 21.8 Å². The van der Waals surface area contributed by atoms with Crippen LogP contribution in [0.4, 0.5) is 5.69 Å². The van der Waals surface area contributed by atoms with Gasteiger partial charge in [0.05, 0.1) is 11.9 Å². The number of hydrogen-bond donors (Lipinski definition) is 1. The summed E-state index contributed by atoms with van der Waals surface area (Å²) >= 11 is 6.42. The van der Waals surface area contributed by atoms with Gasteiger partial charge in [0.1, 0.15) is 12.6 Å². The Morgan fingerprint density at radius 1 is 1.00 bits per heavy atom. The second-order valence-corrected chi connectivity index (χ2v) is 15.3. The van der Waals surface area contributed by atoms with Crippen LogP contribution in [0.5, 0.6) is 0 Å². The average molecular weight is 614 g/mol. The molecule has 0 heterocycles. The van der Waals surface area contributed by atoms with Gasteiger partial charge in [0.25, 0.3) is 0 Å². The van der Waals surface area contributed by atoms with Gasteiger partial charge in [0.15, 0.2) is 0 Å². The highest BCUT2D eigenvalue weighted by Gasteiger charge is 2.51. The lowest BCUT2D eigenvalue weighted by atomic mass is 9.48. The molecule has 4 aliphatic carbocycles. The van der Waals surface area contributed by atoms with E-state index in [4.69, 9.17) is 11.6 Å². The monoisotopic (exact) mass is 613 g/mol. The molecule has 1 atom stereocenters. The largest absolute Gasteiger partial charge is 0.354 e. The first-order valence-electron chi connectivity index (χ1n) is 15.4. The van der Waals surface area contributed by atoms with Crippen LogP contribution >= 0.6 is 11.6 Å². The first-order chi connectivity index (χ1) is 20.0. The lowest BCUT2D eigenvalue weighted by Gasteiger charge is -2.57. The fourth-order valence-corrected chi connectivity index (χ4v) is 9.03. The summed E-state index contributed by atoms with van der Waals surface area (Å²) in [5, 5.41) is 3.38. The minimum absolute atomic E-state index is 0.0867. The highest BCUT2D eigenvalue weighted by Crippen LogP contribution is 2.60. The van der Waals surface area contributed by atoms with E-state index in [2.05, 4.69) is 17.4 Å². The molecule has 0 radical (unpaired) electrons. The van der Waals surface area contributed by atoms with Crippen LogP contribution in [-0.2, 0) is 31.6 Å². The second kappa shape index (κ2) is 12.6. The number of carbonyl (C=O) groups is 2. The van der Waals surface area contributed by atoms with E-state index < -0.39 is 28.5 Å². The minimum Gasteiger partial charge on any atom is -0.354 e. The normalized spacial score (nSPS) is 25.2. The molecule has 0 saturated heterocycles. The third kappa shape index (κ3) is 6.65. The van der Waals surface area contributed by atoms with E-state index in [1.807, 2.05) is 31.2 Å². The highest BCUT2D eigenvalue weighted by molar-refractivity contribution is 7.92. The summed E-state index contributed by atoms with van der Waals surface area (Å²) < 4.78 is 27.2. The number of rotatable bonds is 12. The van der Waals surface area contributed by atoms with Crippen LogP contribution in [0, 0.1) is 17.8 Å². The molecule has 0 spiro atoms. The number of halogens is 1. The summed E-state index contributed by atoms with van der Waals surface area (Å²) in [6.45, 7) is 3.90. The third-order valence-corrected chi connectivity index (χ3v) is 11.3. The van der Waals surface area contributed by atoms with Crippen LogP contribution in [0.15, 0.2) is 48.5 Å². The zero-order chi connectivity index (χ0) is 30.1. The maximum Gasteiger partial charge on any atom is 0.244 e. The minimum atomic E-state index is -3.79. The number of nitrogens with one attached hydrogen (secondary N) is 1. The van der Waals surface area contributed by atoms with Crippen molar-refractivity contribution in [3.8, 4) is 0 Å². The van der Waals surface area contributed by atoms with Gasteiger partial charge in [-0.15, -0.1) is 0 Å². The van der Waals surface area contributed by atoms with Gasteiger partial charge in [-0.05, 0) is 104 Å². The Hall–Kier alpha value is -2.58. The van der Waals surface area contributed by atoms with E-state index in [9.17, 15) is 18.0 Å². The van der Waals surface area contributed by atoms with Crippen molar-refractivity contribution in [2.24, 2.45) is 17.8 Å². The van der Waals surface area contributed by atoms with E-state index in [-0.39, 0.29) is 17.9 Å². The molecule has 2 amide bonds. The van der Waals surface area contributed by atoms with Crippen molar-refractivity contribution in [2.45, 2.75) is 83.2 Å². The predicted octanol–water partition coefficient (Wildman–Crippen LogP) is 5.91. The molecule has 0 aromatic heterocycles. The van der Waals surface area contributed by atoms with Crippen molar-refractivity contribution in [1.29, 1.82) is 0 Å². The number of anilines is 1. The lowest BCUT2D eigenvalue weighted by Crippen LogP contribution is -2.51. The number of sulfonamides is 1. The molecule has 0 aliphatic heterocycles. The van der Waals surface area contributed by atoms with Crippen LogP contribution in [0.1, 0.15) is 76.3 Å². The maximum absolute atomic E-state index is 13.9. The first-order valence-corrected chi connectivity index (χ1v) is 17.6. The molecule has 4 saturated carbocycles. The number of carbonyl (C=O) groups excluding carboxylic acids is 2. The average Bonchev–Trinajstić information content (AvgIpc) is 2.94. The van der Waals surface area contributed by atoms with E-state index >= 15 is 0 Å². The third-order valence-electron chi connectivity index (χ3n) is 9.78. The molecule has 6 rings (SSSR count). The second-order valence-electron chi connectivity index (χ2n) is 12.9. The number of unbranched alkanes of at least 4 members (excludes halogenated alkanes) is 1. The zero-order valence-electron chi connectivity index (χ0n) is 25.0. The number of hydrogen-bond acceptors (Lipinski definition) is 4. The molecule has 2 aromatic carbocycles. The number of benzene rings is 2. The van der Waals surface area contributed by atoms with E-state index in [0.717, 1.165) is 41.2 Å². The van der Waals surface area contributed by atoms with Crippen LogP contribution in [-0.4, -0.2) is 50.5 Å². The van der Waals surface area contributed by atoms with Crippen molar-refractivity contribution in [3.63, 3.8) is 0 Å². The van der Waals surface area contributed by atoms with Gasteiger partial charge in [-0.1, -0.05) is 55.3 Å².